The molecule has 2 amide bonds. The normalized spacial score (nSPS) is 26.3. The van der Waals surface area contributed by atoms with E-state index in [0.29, 0.717) is 23.2 Å². The second kappa shape index (κ2) is 10.1. The fraction of sp³-hybridized carbons (Fsp3) is 0.704. The summed E-state index contributed by atoms with van der Waals surface area (Å²) in [5.41, 5.74) is 1.31. The Morgan fingerprint density at radius 2 is 1.21 bits per heavy atom. The second-order valence-electron chi connectivity index (χ2n) is 10.8. The van der Waals surface area contributed by atoms with Crippen molar-refractivity contribution in [2.75, 3.05) is 52.4 Å². The molecule has 6 heteroatoms. The molecule has 1 atom stereocenters. The van der Waals surface area contributed by atoms with Gasteiger partial charge in [-0.1, -0.05) is 13.0 Å². The molecule has 0 radical (unpaired) electrons. The third-order valence-corrected chi connectivity index (χ3v) is 8.49. The van der Waals surface area contributed by atoms with Gasteiger partial charge in [0.25, 0.3) is 11.8 Å². The highest BCUT2D eigenvalue weighted by Gasteiger charge is 2.32. The minimum Gasteiger partial charge on any atom is -0.339 e. The minimum absolute atomic E-state index is 0.0747. The summed E-state index contributed by atoms with van der Waals surface area (Å²) in [5, 5.41) is 0. The van der Waals surface area contributed by atoms with Crippen molar-refractivity contribution in [3.05, 3.63) is 35.4 Å². The van der Waals surface area contributed by atoms with Gasteiger partial charge in [0, 0.05) is 55.9 Å². The topological polar surface area (TPSA) is 47.1 Å². The Morgan fingerprint density at radius 1 is 0.697 bits per heavy atom. The molecule has 4 aliphatic rings. The molecule has 1 aromatic rings. The lowest BCUT2D eigenvalue weighted by molar-refractivity contribution is 0.0641. The van der Waals surface area contributed by atoms with Crippen LogP contribution in [0.2, 0.25) is 0 Å². The highest BCUT2D eigenvalue weighted by molar-refractivity contribution is 5.99. The average Bonchev–Trinajstić information content (AvgIpc) is 3.56. The summed E-state index contributed by atoms with van der Waals surface area (Å²) in [7, 11) is 0. The molecule has 4 aliphatic heterocycles. The van der Waals surface area contributed by atoms with Gasteiger partial charge in [0.15, 0.2) is 0 Å². The first-order chi connectivity index (χ1) is 16.1. The molecular formula is C27H40N4O2. The van der Waals surface area contributed by atoms with E-state index in [1.165, 1.54) is 45.4 Å². The van der Waals surface area contributed by atoms with Crippen molar-refractivity contribution in [1.82, 2.24) is 19.6 Å². The Labute approximate surface area is 198 Å². The Balaban J connectivity index is 1.15. The van der Waals surface area contributed by atoms with Crippen molar-refractivity contribution >= 4 is 11.8 Å². The van der Waals surface area contributed by atoms with Gasteiger partial charge in [-0.3, -0.25) is 14.5 Å². The molecule has 0 saturated carbocycles. The first kappa shape index (κ1) is 22.9. The summed E-state index contributed by atoms with van der Waals surface area (Å²) in [6.45, 7) is 10.5. The number of hydrogen-bond acceptors (Lipinski definition) is 4. The van der Waals surface area contributed by atoms with Crippen LogP contribution in [0.25, 0.3) is 0 Å². The summed E-state index contributed by atoms with van der Waals surface area (Å²) in [6.07, 6.45) is 8.18. The fourth-order valence-corrected chi connectivity index (χ4v) is 6.43. The number of nitrogens with zero attached hydrogens (tertiary/aromatic N) is 4. The predicted octanol–water partition coefficient (Wildman–Crippen LogP) is 3.33. The first-order valence-corrected chi connectivity index (χ1v) is 13.2. The van der Waals surface area contributed by atoms with E-state index < -0.39 is 0 Å². The molecule has 4 heterocycles. The third kappa shape index (κ3) is 5.12. The van der Waals surface area contributed by atoms with E-state index in [1.54, 1.807) is 0 Å². The van der Waals surface area contributed by atoms with Crippen LogP contribution in [-0.4, -0.2) is 95.9 Å². The lowest BCUT2D eigenvalue weighted by Gasteiger charge is -2.37. The van der Waals surface area contributed by atoms with Gasteiger partial charge in [0.1, 0.15) is 0 Å². The molecule has 4 saturated heterocycles. The van der Waals surface area contributed by atoms with Crippen molar-refractivity contribution in [3.63, 3.8) is 0 Å². The Bertz CT molecular complexity index is 836. The third-order valence-electron chi connectivity index (χ3n) is 8.49. The molecule has 6 nitrogen and oxygen atoms in total. The van der Waals surface area contributed by atoms with Gasteiger partial charge in [-0.15, -0.1) is 0 Å². The van der Waals surface area contributed by atoms with E-state index in [9.17, 15) is 9.59 Å². The summed E-state index contributed by atoms with van der Waals surface area (Å²) < 4.78 is 0. The molecule has 1 aromatic carbocycles. The van der Waals surface area contributed by atoms with E-state index >= 15 is 0 Å². The average molecular weight is 453 g/mol. The van der Waals surface area contributed by atoms with Gasteiger partial charge in [-0.05, 0) is 88.7 Å². The SMILES string of the molecule is CC1CCN(C2CCN(C(=O)c3cccc(C(=O)N4CCC(N5CCCC5)CC4)c3)CC2)C1. The van der Waals surface area contributed by atoms with Crippen LogP contribution in [0.4, 0.5) is 0 Å². The number of rotatable bonds is 4. The summed E-state index contributed by atoms with van der Waals surface area (Å²) in [6, 6.07) is 8.69. The summed E-state index contributed by atoms with van der Waals surface area (Å²) >= 11 is 0. The Morgan fingerprint density at radius 3 is 1.70 bits per heavy atom. The minimum atomic E-state index is 0.0747. The molecule has 5 rings (SSSR count). The number of amides is 2. The van der Waals surface area contributed by atoms with E-state index in [-0.39, 0.29) is 11.8 Å². The van der Waals surface area contributed by atoms with Crippen molar-refractivity contribution in [1.29, 1.82) is 0 Å². The maximum Gasteiger partial charge on any atom is 0.253 e. The Kier molecular flexibility index (Phi) is 7.02. The molecule has 33 heavy (non-hydrogen) atoms. The highest BCUT2D eigenvalue weighted by Crippen LogP contribution is 2.26. The first-order valence-electron chi connectivity index (χ1n) is 13.2. The van der Waals surface area contributed by atoms with Crippen LogP contribution in [0.5, 0.6) is 0 Å². The zero-order valence-electron chi connectivity index (χ0n) is 20.3. The van der Waals surface area contributed by atoms with Gasteiger partial charge in [0.05, 0.1) is 0 Å². The zero-order chi connectivity index (χ0) is 22.8. The van der Waals surface area contributed by atoms with Crippen molar-refractivity contribution < 1.29 is 9.59 Å². The molecule has 0 aliphatic carbocycles. The monoisotopic (exact) mass is 452 g/mol. The lowest BCUT2D eigenvalue weighted by atomic mass is 10.0. The lowest BCUT2D eigenvalue weighted by Crippen LogP contribution is -2.46. The van der Waals surface area contributed by atoms with Crippen LogP contribution in [0.15, 0.2) is 24.3 Å². The summed E-state index contributed by atoms with van der Waals surface area (Å²) in [5.74, 6) is 0.952. The van der Waals surface area contributed by atoms with Crippen molar-refractivity contribution in [3.8, 4) is 0 Å². The van der Waals surface area contributed by atoms with Crippen LogP contribution in [0.1, 0.15) is 72.6 Å². The van der Waals surface area contributed by atoms with Gasteiger partial charge in [-0.25, -0.2) is 0 Å². The molecule has 4 fully saturated rings. The zero-order valence-corrected chi connectivity index (χ0v) is 20.3. The van der Waals surface area contributed by atoms with Crippen LogP contribution >= 0.6 is 0 Å². The predicted molar refractivity (Wildman–Crippen MR) is 130 cm³/mol. The largest absolute Gasteiger partial charge is 0.339 e. The van der Waals surface area contributed by atoms with Gasteiger partial charge in [-0.2, -0.15) is 0 Å². The van der Waals surface area contributed by atoms with Gasteiger partial charge in [0.2, 0.25) is 0 Å². The maximum atomic E-state index is 13.2. The van der Waals surface area contributed by atoms with E-state index in [1.807, 2.05) is 34.1 Å². The molecule has 0 N–H and O–H groups in total. The Hall–Kier alpha value is -1.92. The number of piperidine rings is 2. The van der Waals surface area contributed by atoms with Gasteiger partial charge >= 0.3 is 0 Å². The highest BCUT2D eigenvalue weighted by atomic mass is 16.2. The van der Waals surface area contributed by atoms with E-state index in [4.69, 9.17) is 0 Å². The van der Waals surface area contributed by atoms with Gasteiger partial charge < -0.3 is 14.7 Å². The number of hydrogen-bond donors (Lipinski definition) is 0. The van der Waals surface area contributed by atoms with Crippen LogP contribution in [-0.2, 0) is 0 Å². The standard InChI is InChI=1S/C27H40N4O2/c1-21-7-14-31(20-21)25-10-17-30(18-11-25)27(33)23-6-4-5-22(19-23)26(32)29-15-8-24(9-16-29)28-12-2-3-13-28/h4-6,19,21,24-25H,2-3,7-18,20H2,1H3. The number of likely N-dealkylation sites (tertiary alicyclic amines) is 4. The summed E-state index contributed by atoms with van der Waals surface area (Å²) in [4.78, 5) is 35.6. The number of benzene rings is 1. The van der Waals surface area contributed by atoms with Crippen LogP contribution in [0, 0.1) is 5.92 Å². The molecule has 0 bridgehead atoms. The van der Waals surface area contributed by atoms with E-state index in [0.717, 1.165) is 57.8 Å². The maximum absolute atomic E-state index is 13.2. The number of carbonyl (C=O) groups is 2. The van der Waals surface area contributed by atoms with Crippen molar-refractivity contribution in [2.24, 2.45) is 5.92 Å². The molecular weight excluding hydrogens is 412 g/mol. The smallest absolute Gasteiger partial charge is 0.253 e. The number of carbonyl (C=O) groups excluding carboxylic acids is 2. The molecule has 0 spiro atoms. The van der Waals surface area contributed by atoms with E-state index in [2.05, 4.69) is 16.7 Å². The quantitative estimate of drug-likeness (QED) is 0.703. The molecule has 180 valence electrons. The molecule has 0 aromatic heterocycles. The molecule has 1 unspecified atom stereocenters. The van der Waals surface area contributed by atoms with Crippen LogP contribution in [0.3, 0.4) is 0 Å². The van der Waals surface area contributed by atoms with Crippen molar-refractivity contribution in [2.45, 2.75) is 64.0 Å². The second-order valence-corrected chi connectivity index (χ2v) is 10.8. The van der Waals surface area contributed by atoms with Crippen LogP contribution < -0.4 is 0 Å². The fourth-order valence-electron chi connectivity index (χ4n) is 6.43.